The molecule has 0 amide bonds. The third-order valence-corrected chi connectivity index (χ3v) is 4.55. The van der Waals surface area contributed by atoms with Gasteiger partial charge in [-0.15, -0.1) is 11.3 Å². The highest BCUT2D eigenvalue weighted by atomic mass is 32.1. The number of aromatic nitrogens is 1. The Bertz CT molecular complexity index is 377. The zero-order valence-corrected chi connectivity index (χ0v) is 10.8. The Morgan fingerprint density at radius 3 is 2.56 bits per heavy atom. The molecule has 2 rings (SSSR count). The molecule has 1 aliphatic carbocycles. The van der Waals surface area contributed by atoms with Crippen molar-refractivity contribution in [3.63, 3.8) is 0 Å². The van der Waals surface area contributed by atoms with Crippen LogP contribution in [0, 0.1) is 22.2 Å². The summed E-state index contributed by atoms with van der Waals surface area (Å²) in [6.45, 7) is 4.61. The Kier molecular flexibility index (Phi) is 3.03. The van der Waals surface area contributed by atoms with E-state index in [9.17, 15) is 5.26 Å². The van der Waals surface area contributed by atoms with Gasteiger partial charge in [0.25, 0.3) is 0 Å². The van der Waals surface area contributed by atoms with Crippen LogP contribution >= 0.6 is 11.3 Å². The summed E-state index contributed by atoms with van der Waals surface area (Å²) in [5.41, 5.74) is 0.274. The zero-order valence-electron chi connectivity index (χ0n) is 9.99. The van der Waals surface area contributed by atoms with Gasteiger partial charge in [0.2, 0.25) is 0 Å². The van der Waals surface area contributed by atoms with Gasteiger partial charge < -0.3 is 0 Å². The highest BCUT2D eigenvalue weighted by Gasteiger charge is 2.39. The predicted molar refractivity (Wildman–Crippen MR) is 66.1 cm³/mol. The molecule has 0 aromatic carbocycles. The van der Waals surface area contributed by atoms with E-state index in [-0.39, 0.29) is 5.41 Å². The summed E-state index contributed by atoms with van der Waals surface area (Å²) in [5.74, 6) is 0. The van der Waals surface area contributed by atoms with Crippen LogP contribution in [0.3, 0.4) is 0 Å². The molecular formula is C13H18N2S. The molecule has 0 radical (unpaired) electrons. The van der Waals surface area contributed by atoms with E-state index in [1.54, 1.807) is 11.3 Å². The molecule has 0 spiro atoms. The fraction of sp³-hybridized carbons (Fsp3) is 0.692. The SMILES string of the molecule is CC1(C)CCC(C#N)(Cc2nccs2)CC1. The fourth-order valence-corrected chi connectivity index (χ4v) is 3.12. The predicted octanol–water partition coefficient (Wildman–Crippen LogP) is 3.80. The Balaban J connectivity index is 2.08. The molecule has 16 heavy (non-hydrogen) atoms. The first-order chi connectivity index (χ1) is 7.55. The average Bonchev–Trinajstić information content (AvgIpc) is 2.74. The van der Waals surface area contributed by atoms with Gasteiger partial charge in [-0.05, 0) is 31.1 Å². The topological polar surface area (TPSA) is 36.7 Å². The first-order valence-electron chi connectivity index (χ1n) is 5.85. The van der Waals surface area contributed by atoms with Crippen molar-refractivity contribution >= 4 is 11.3 Å². The highest BCUT2D eigenvalue weighted by molar-refractivity contribution is 7.09. The van der Waals surface area contributed by atoms with Crippen molar-refractivity contribution in [2.75, 3.05) is 0 Å². The molecule has 2 nitrogen and oxygen atoms in total. The van der Waals surface area contributed by atoms with Crippen LogP contribution < -0.4 is 0 Å². The van der Waals surface area contributed by atoms with Crippen molar-refractivity contribution in [1.29, 1.82) is 5.26 Å². The van der Waals surface area contributed by atoms with E-state index in [2.05, 4.69) is 24.9 Å². The van der Waals surface area contributed by atoms with Crippen LogP contribution in [0.2, 0.25) is 0 Å². The van der Waals surface area contributed by atoms with Gasteiger partial charge in [0.1, 0.15) is 0 Å². The summed E-state index contributed by atoms with van der Waals surface area (Å²) in [7, 11) is 0. The molecule has 1 aliphatic rings. The van der Waals surface area contributed by atoms with E-state index in [0.29, 0.717) is 5.41 Å². The van der Waals surface area contributed by atoms with Crippen molar-refractivity contribution in [2.24, 2.45) is 10.8 Å². The van der Waals surface area contributed by atoms with Crippen LogP contribution in [0.25, 0.3) is 0 Å². The largest absolute Gasteiger partial charge is 0.250 e. The standard InChI is InChI=1S/C13H18N2S/c1-12(2)3-5-13(10-14,6-4-12)9-11-15-7-8-16-11/h7-8H,3-6,9H2,1-2H3. The van der Waals surface area contributed by atoms with Crippen LogP contribution in [0.1, 0.15) is 44.5 Å². The number of nitrogens with zero attached hydrogens (tertiary/aromatic N) is 2. The summed E-state index contributed by atoms with van der Waals surface area (Å²) in [5, 5.41) is 12.5. The van der Waals surface area contributed by atoms with Gasteiger partial charge >= 0.3 is 0 Å². The second-order valence-electron chi connectivity index (χ2n) is 5.66. The van der Waals surface area contributed by atoms with Crippen molar-refractivity contribution in [3.8, 4) is 6.07 Å². The van der Waals surface area contributed by atoms with E-state index in [1.807, 2.05) is 11.6 Å². The summed E-state index contributed by atoms with van der Waals surface area (Å²) in [4.78, 5) is 4.31. The molecule has 0 N–H and O–H groups in total. The quantitative estimate of drug-likeness (QED) is 0.780. The normalized spacial score (nSPS) is 22.6. The lowest BCUT2D eigenvalue weighted by Gasteiger charge is -2.39. The number of hydrogen-bond acceptors (Lipinski definition) is 3. The molecule has 3 heteroatoms. The Labute approximate surface area is 101 Å². The maximum Gasteiger partial charge on any atom is 0.0940 e. The molecule has 1 saturated carbocycles. The van der Waals surface area contributed by atoms with Gasteiger partial charge in [-0.2, -0.15) is 5.26 Å². The van der Waals surface area contributed by atoms with Crippen molar-refractivity contribution < 1.29 is 0 Å². The second kappa shape index (κ2) is 4.18. The van der Waals surface area contributed by atoms with Crippen molar-refractivity contribution in [3.05, 3.63) is 16.6 Å². The maximum atomic E-state index is 9.44. The van der Waals surface area contributed by atoms with Crippen LogP contribution in [0.5, 0.6) is 0 Å². The molecule has 0 saturated heterocycles. The van der Waals surface area contributed by atoms with Crippen LogP contribution in [0.15, 0.2) is 11.6 Å². The van der Waals surface area contributed by atoms with Gasteiger partial charge in [-0.3, -0.25) is 0 Å². The van der Waals surface area contributed by atoms with Crippen LogP contribution in [0.4, 0.5) is 0 Å². The zero-order chi connectivity index (χ0) is 11.6. The van der Waals surface area contributed by atoms with Crippen LogP contribution in [-0.2, 0) is 6.42 Å². The van der Waals surface area contributed by atoms with Crippen molar-refractivity contribution in [1.82, 2.24) is 4.98 Å². The summed E-state index contributed by atoms with van der Waals surface area (Å²) in [6.07, 6.45) is 7.04. The third kappa shape index (κ3) is 2.44. The highest BCUT2D eigenvalue weighted by Crippen LogP contribution is 2.46. The van der Waals surface area contributed by atoms with Gasteiger partial charge in [0, 0.05) is 18.0 Å². The second-order valence-corrected chi connectivity index (χ2v) is 6.64. The number of nitriles is 1. The number of rotatable bonds is 2. The van der Waals surface area contributed by atoms with Gasteiger partial charge in [0.05, 0.1) is 16.5 Å². The molecule has 1 heterocycles. The van der Waals surface area contributed by atoms with E-state index < -0.39 is 0 Å². The molecule has 1 aromatic heterocycles. The Morgan fingerprint density at radius 1 is 1.38 bits per heavy atom. The van der Waals surface area contributed by atoms with E-state index in [4.69, 9.17) is 0 Å². The van der Waals surface area contributed by atoms with Gasteiger partial charge in [-0.1, -0.05) is 13.8 Å². The molecule has 86 valence electrons. The van der Waals surface area contributed by atoms with Gasteiger partial charge in [-0.25, -0.2) is 4.98 Å². The number of thiazole rings is 1. The maximum absolute atomic E-state index is 9.44. The fourth-order valence-electron chi connectivity index (χ4n) is 2.36. The average molecular weight is 234 g/mol. The Hall–Kier alpha value is -0.880. The van der Waals surface area contributed by atoms with Crippen LogP contribution in [-0.4, -0.2) is 4.98 Å². The minimum atomic E-state index is -0.145. The first kappa shape index (κ1) is 11.6. The summed E-state index contributed by atoms with van der Waals surface area (Å²) in [6, 6.07) is 2.56. The smallest absolute Gasteiger partial charge is 0.0940 e. The molecule has 0 aliphatic heterocycles. The van der Waals surface area contributed by atoms with E-state index >= 15 is 0 Å². The summed E-state index contributed by atoms with van der Waals surface area (Å²) >= 11 is 1.67. The first-order valence-corrected chi connectivity index (χ1v) is 6.73. The third-order valence-electron chi connectivity index (χ3n) is 3.77. The molecule has 1 aromatic rings. The lowest BCUT2D eigenvalue weighted by Crippen LogP contribution is -2.31. The summed E-state index contributed by atoms with van der Waals surface area (Å²) < 4.78 is 0. The molecule has 0 bridgehead atoms. The lowest BCUT2D eigenvalue weighted by molar-refractivity contribution is 0.146. The number of hydrogen-bond donors (Lipinski definition) is 0. The van der Waals surface area contributed by atoms with Gasteiger partial charge in [0.15, 0.2) is 0 Å². The lowest BCUT2D eigenvalue weighted by atomic mass is 9.64. The van der Waals surface area contributed by atoms with E-state index in [0.717, 1.165) is 37.1 Å². The minimum absolute atomic E-state index is 0.145. The Morgan fingerprint density at radius 2 is 2.06 bits per heavy atom. The monoisotopic (exact) mass is 234 g/mol. The molecule has 0 atom stereocenters. The molecular weight excluding hydrogens is 216 g/mol. The molecule has 0 unspecified atom stereocenters. The van der Waals surface area contributed by atoms with E-state index in [1.165, 1.54) is 0 Å². The molecule has 1 fully saturated rings. The minimum Gasteiger partial charge on any atom is -0.250 e. The van der Waals surface area contributed by atoms with Crippen molar-refractivity contribution in [2.45, 2.75) is 46.0 Å².